The maximum atomic E-state index is 12.9. The van der Waals surface area contributed by atoms with Crippen LogP contribution in [0.15, 0.2) is 24.3 Å². The Morgan fingerprint density at radius 2 is 1.88 bits per heavy atom. The van der Waals surface area contributed by atoms with Crippen molar-refractivity contribution in [3.63, 3.8) is 0 Å². The molecule has 1 aliphatic rings. The van der Waals surface area contributed by atoms with E-state index in [0.717, 1.165) is 45.5 Å². The second kappa shape index (κ2) is 9.00. The van der Waals surface area contributed by atoms with Crippen LogP contribution in [0.3, 0.4) is 0 Å². The molecule has 134 valence electrons. The van der Waals surface area contributed by atoms with Gasteiger partial charge in [-0.3, -0.25) is 9.69 Å². The summed E-state index contributed by atoms with van der Waals surface area (Å²) in [6.45, 7) is 5.29. The van der Waals surface area contributed by atoms with Gasteiger partial charge in [0.15, 0.2) is 0 Å². The summed E-state index contributed by atoms with van der Waals surface area (Å²) >= 11 is 0. The van der Waals surface area contributed by atoms with E-state index < -0.39 is 17.6 Å². The number of alkyl halides is 3. The number of carbonyl (C=O) groups is 1. The monoisotopic (exact) mass is 345 g/mol. The van der Waals surface area contributed by atoms with Crippen molar-refractivity contribution in [3.8, 4) is 0 Å². The van der Waals surface area contributed by atoms with E-state index in [1.54, 1.807) is 0 Å². The Kier molecular flexibility index (Phi) is 7.01. The van der Waals surface area contributed by atoms with Gasteiger partial charge >= 0.3 is 6.18 Å². The number of hydrogen-bond acceptors (Lipinski definition) is 4. The minimum atomic E-state index is -4.49. The van der Waals surface area contributed by atoms with E-state index in [1.807, 2.05) is 0 Å². The predicted molar refractivity (Wildman–Crippen MR) is 84.8 cm³/mol. The topological polar surface area (TPSA) is 53.6 Å². The van der Waals surface area contributed by atoms with Crippen molar-refractivity contribution < 1.29 is 22.7 Å². The van der Waals surface area contributed by atoms with Crippen LogP contribution in [-0.2, 0) is 15.7 Å². The lowest BCUT2D eigenvalue weighted by atomic mass is 10.1. The number of amides is 1. The molecular formula is C16H22F3N3O2. The average Bonchev–Trinajstić information content (AvgIpc) is 2.55. The molecule has 1 aromatic carbocycles. The van der Waals surface area contributed by atoms with Crippen molar-refractivity contribution in [2.45, 2.75) is 12.6 Å². The maximum absolute atomic E-state index is 12.9. The number of hydrogen-bond donors (Lipinski definition) is 2. The van der Waals surface area contributed by atoms with Crippen LogP contribution in [0.5, 0.6) is 0 Å². The minimum absolute atomic E-state index is 0.120. The summed E-state index contributed by atoms with van der Waals surface area (Å²) in [5, 5.41) is 5.46. The first kappa shape index (κ1) is 18.7. The fourth-order valence-electron chi connectivity index (χ4n) is 2.44. The molecule has 1 aliphatic heterocycles. The van der Waals surface area contributed by atoms with E-state index in [1.165, 1.54) is 18.2 Å². The lowest BCUT2D eigenvalue weighted by Crippen LogP contribution is -2.40. The highest BCUT2D eigenvalue weighted by molar-refractivity contribution is 5.91. The Morgan fingerprint density at radius 3 is 2.58 bits per heavy atom. The minimum Gasteiger partial charge on any atom is -0.379 e. The van der Waals surface area contributed by atoms with E-state index in [0.29, 0.717) is 6.54 Å². The van der Waals surface area contributed by atoms with E-state index in [9.17, 15) is 18.0 Å². The summed E-state index contributed by atoms with van der Waals surface area (Å²) in [7, 11) is 0. The Hall–Kier alpha value is -1.64. The third-order valence-electron chi connectivity index (χ3n) is 3.74. The van der Waals surface area contributed by atoms with Gasteiger partial charge in [0.05, 0.1) is 24.5 Å². The number of benzene rings is 1. The normalized spacial score (nSPS) is 16.1. The second-order valence-corrected chi connectivity index (χ2v) is 5.55. The highest BCUT2D eigenvalue weighted by atomic mass is 19.4. The molecule has 1 fully saturated rings. The molecule has 1 saturated heterocycles. The third kappa shape index (κ3) is 6.10. The molecule has 1 amide bonds. The Bertz CT molecular complexity index is 532. The molecule has 0 atom stereocenters. The van der Waals surface area contributed by atoms with E-state index in [-0.39, 0.29) is 12.1 Å². The van der Waals surface area contributed by atoms with Gasteiger partial charge in [-0.2, -0.15) is 13.2 Å². The summed E-state index contributed by atoms with van der Waals surface area (Å²) in [4.78, 5) is 14.1. The number of carbonyl (C=O) groups excluding carboxylic acids is 1. The lowest BCUT2D eigenvalue weighted by molar-refractivity contribution is -0.137. The molecule has 0 radical (unpaired) electrons. The van der Waals surface area contributed by atoms with Gasteiger partial charge in [0.25, 0.3) is 0 Å². The largest absolute Gasteiger partial charge is 0.418 e. The zero-order valence-corrected chi connectivity index (χ0v) is 13.4. The van der Waals surface area contributed by atoms with Crippen LogP contribution in [-0.4, -0.2) is 56.7 Å². The van der Waals surface area contributed by atoms with Crippen LogP contribution in [0.4, 0.5) is 18.9 Å². The van der Waals surface area contributed by atoms with Gasteiger partial charge < -0.3 is 15.4 Å². The number of nitrogens with one attached hydrogen (secondary N) is 2. The number of nitrogens with zero attached hydrogens (tertiary/aromatic N) is 1. The molecule has 0 saturated carbocycles. The van der Waals surface area contributed by atoms with Crippen LogP contribution < -0.4 is 10.6 Å². The zero-order chi connectivity index (χ0) is 17.4. The number of rotatable bonds is 7. The van der Waals surface area contributed by atoms with Crippen LogP contribution in [0.2, 0.25) is 0 Å². The number of anilines is 1. The summed E-state index contributed by atoms with van der Waals surface area (Å²) in [5.41, 5.74) is -1.04. The van der Waals surface area contributed by atoms with Crippen LogP contribution in [0, 0.1) is 0 Å². The van der Waals surface area contributed by atoms with Gasteiger partial charge in [0, 0.05) is 39.1 Å². The lowest BCUT2D eigenvalue weighted by Gasteiger charge is -2.26. The Labute approximate surface area is 139 Å². The van der Waals surface area contributed by atoms with Gasteiger partial charge in [-0.1, -0.05) is 12.1 Å². The molecule has 0 spiro atoms. The van der Waals surface area contributed by atoms with Crippen molar-refractivity contribution in [2.75, 3.05) is 51.3 Å². The molecule has 0 bridgehead atoms. The summed E-state index contributed by atoms with van der Waals surface area (Å²) in [5.74, 6) is -0.439. The predicted octanol–water partition coefficient (Wildman–Crippen LogP) is 1.96. The number of morpholine rings is 1. The maximum Gasteiger partial charge on any atom is 0.418 e. The van der Waals surface area contributed by atoms with Gasteiger partial charge in [0.2, 0.25) is 5.91 Å². The molecule has 1 aromatic rings. The smallest absolute Gasteiger partial charge is 0.379 e. The number of halogens is 3. The molecule has 5 nitrogen and oxygen atoms in total. The van der Waals surface area contributed by atoms with Crippen LogP contribution in [0.25, 0.3) is 0 Å². The molecular weight excluding hydrogens is 323 g/mol. The molecule has 1 heterocycles. The van der Waals surface area contributed by atoms with Gasteiger partial charge in [-0.15, -0.1) is 0 Å². The summed E-state index contributed by atoms with van der Waals surface area (Å²) in [6, 6.07) is 4.97. The first-order chi connectivity index (χ1) is 11.5. The highest BCUT2D eigenvalue weighted by Crippen LogP contribution is 2.34. The second-order valence-electron chi connectivity index (χ2n) is 5.55. The zero-order valence-electron chi connectivity index (χ0n) is 13.4. The number of ether oxygens (including phenoxy) is 1. The van der Waals surface area contributed by atoms with Gasteiger partial charge in [0.1, 0.15) is 0 Å². The summed E-state index contributed by atoms with van der Waals surface area (Å²) < 4.78 is 43.8. The SMILES string of the molecule is O=C(CCNCCN1CCOCC1)Nc1ccccc1C(F)(F)F. The van der Waals surface area contributed by atoms with Crippen molar-refractivity contribution in [1.29, 1.82) is 0 Å². The van der Waals surface area contributed by atoms with E-state index in [2.05, 4.69) is 15.5 Å². The third-order valence-corrected chi connectivity index (χ3v) is 3.74. The first-order valence-corrected chi connectivity index (χ1v) is 7.94. The molecule has 2 N–H and O–H groups in total. The average molecular weight is 345 g/mol. The van der Waals surface area contributed by atoms with E-state index in [4.69, 9.17) is 4.74 Å². The standard InChI is InChI=1S/C16H22F3N3O2/c17-16(18,19)13-3-1-2-4-14(13)21-15(23)5-6-20-7-8-22-9-11-24-12-10-22/h1-4,20H,5-12H2,(H,21,23). The number of para-hydroxylation sites is 1. The molecule has 0 aromatic heterocycles. The Balaban J connectivity index is 1.68. The molecule has 2 rings (SSSR count). The van der Waals surface area contributed by atoms with Crippen molar-refractivity contribution in [1.82, 2.24) is 10.2 Å². The van der Waals surface area contributed by atoms with Crippen molar-refractivity contribution in [2.24, 2.45) is 0 Å². The first-order valence-electron chi connectivity index (χ1n) is 7.94. The summed E-state index contributed by atoms with van der Waals surface area (Å²) in [6.07, 6.45) is -4.37. The fraction of sp³-hybridized carbons (Fsp3) is 0.562. The van der Waals surface area contributed by atoms with Gasteiger partial charge in [-0.05, 0) is 12.1 Å². The van der Waals surface area contributed by atoms with Crippen LogP contribution in [0.1, 0.15) is 12.0 Å². The molecule has 0 unspecified atom stereocenters. The molecule has 8 heteroatoms. The molecule has 0 aliphatic carbocycles. The molecule has 24 heavy (non-hydrogen) atoms. The highest BCUT2D eigenvalue weighted by Gasteiger charge is 2.33. The van der Waals surface area contributed by atoms with E-state index >= 15 is 0 Å². The quantitative estimate of drug-likeness (QED) is 0.742. The fourth-order valence-corrected chi connectivity index (χ4v) is 2.44. The van der Waals surface area contributed by atoms with Gasteiger partial charge in [-0.25, -0.2) is 0 Å². The van der Waals surface area contributed by atoms with Crippen LogP contribution >= 0.6 is 0 Å². The van der Waals surface area contributed by atoms with Crippen molar-refractivity contribution >= 4 is 11.6 Å². The van der Waals surface area contributed by atoms with Crippen molar-refractivity contribution in [3.05, 3.63) is 29.8 Å². The Morgan fingerprint density at radius 1 is 1.17 bits per heavy atom.